The zero-order valence-corrected chi connectivity index (χ0v) is 15.9. The number of benzene rings is 2. The molecular weight excluding hydrogens is 362 g/mol. The molecule has 2 heterocycles. The van der Waals surface area contributed by atoms with Gasteiger partial charge < -0.3 is 20.1 Å². The van der Waals surface area contributed by atoms with Gasteiger partial charge in [-0.3, -0.25) is 4.79 Å². The van der Waals surface area contributed by atoms with E-state index < -0.39 is 0 Å². The molecule has 4 rings (SSSR count). The Morgan fingerprint density at radius 3 is 2.81 bits per heavy atom. The number of aliphatic hydroxyl groups excluding tert-OH is 1. The van der Waals surface area contributed by atoms with Crippen LogP contribution in [-0.4, -0.2) is 42.3 Å². The maximum absolute atomic E-state index is 12.7. The predicted octanol–water partition coefficient (Wildman–Crippen LogP) is 3.19. The van der Waals surface area contributed by atoms with Gasteiger partial charge in [0.05, 0.1) is 30.0 Å². The zero-order valence-electron chi connectivity index (χ0n) is 15.1. The average Bonchev–Trinajstić information content (AvgIpc) is 3.11. The average molecular weight is 383 g/mol. The third-order valence-electron chi connectivity index (χ3n) is 4.66. The highest BCUT2D eigenvalue weighted by Gasteiger charge is 2.15. The lowest BCUT2D eigenvalue weighted by atomic mass is 10.1. The number of aliphatic hydroxyl groups is 1. The normalized spacial score (nSPS) is 14.5. The van der Waals surface area contributed by atoms with Crippen molar-refractivity contribution < 1.29 is 14.6 Å². The van der Waals surface area contributed by atoms with Crippen LogP contribution in [-0.2, 0) is 11.3 Å². The van der Waals surface area contributed by atoms with E-state index in [9.17, 15) is 9.90 Å². The number of aromatic nitrogens is 1. The Morgan fingerprint density at radius 2 is 2.07 bits per heavy atom. The fraction of sp³-hybridized carbons (Fsp3) is 0.300. The lowest BCUT2D eigenvalue weighted by Crippen LogP contribution is -2.36. The Bertz CT molecular complexity index is 980. The van der Waals surface area contributed by atoms with Gasteiger partial charge in [0, 0.05) is 30.0 Å². The molecular formula is C20H21N3O3S. The number of nitrogens with one attached hydrogen (secondary N) is 1. The molecule has 140 valence electrons. The van der Waals surface area contributed by atoms with Gasteiger partial charge in [-0.25, -0.2) is 4.98 Å². The van der Waals surface area contributed by atoms with Gasteiger partial charge in [-0.15, -0.1) is 11.3 Å². The van der Waals surface area contributed by atoms with Crippen LogP contribution in [0.3, 0.4) is 0 Å². The zero-order chi connectivity index (χ0) is 18.8. The van der Waals surface area contributed by atoms with Crippen LogP contribution < -0.4 is 10.2 Å². The topological polar surface area (TPSA) is 74.7 Å². The number of hydrogen-bond donors (Lipinski definition) is 2. The fourth-order valence-electron chi connectivity index (χ4n) is 3.24. The molecule has 7 heteroatoms. The summed E-state index contributed by atoms with van der Waals surface area (Å²) in [5.74, 6) is -0.141. The predicted molar refractivity (Wildman–Crippen MR) is 108 cm³/mol. The minimum Gasteiger partial charge on any atom is -0.389 e. The molecule has 3 aromatic rings. The van der Waals surface area contributed by atoms with E-state index in [0.717, 1.165) is 47.8 Å². The van der Waals surface area contributed by atoms with E-state index in [1.54, 1.807) is 0 Å². The highest BCUT2D eigenvalue weighted by Crippen LogP contribution is 2.26. The van der Waals surface area contributed by atoms with Crippen LogP contribution >= 0.6 is 11.3 Å². The first-order valence-electron chi connectivity index (χ1n) is 8.89. The number of fused-ring (bicyclic) bond motifs is 1. The summed E-state index contributed by atoms with van der Waals surface area (Å²) in [5, 5.41) is 12.8. The van der Waals surface area contributed by atoms with Crippen LogP contribution in [0.4, 0.5) is 11.4 Å². The molecule has 1 aromatic heterocycles. The smallest absolute Gasteiger partial charge is 0.255 e. The van der Waals surface area contributed by atoms with E-state index in [4.69, 9.17) is 4.74 Å². The molecule has 27 heavy (non-hydrogen) atoms. The van der Waals surface area contributed by atoms with Gasteiger partial charge in [0.25, 0.3) is 5.91 Å². The molecule has 0 unspecified atom stereocenters. The lowest BCUT2D eigenvalue weighted by Gasteiger charge is -2.29. The van der Waals surface area contributed by atoms with Crippen molar-refractivity contribution in [1.82, 2.24) is 4.98 Å². The summed E-state index contributed by atoms with van der Waals surface area (Å²) in [6, 6.07) is 11.5. The maximum atomic E-state index is 12.7. The molecule has 6 nitrogen and oxygen atoms in total. The number of nitrogens with zero attached hydrogens (tertiary/aromatic N) is 2. The van der Waals surface area contributed by atoms with Crippen LogP contribution in [0.1, 0.15) is 20.9 Å². The Labute approximate surface area is 161 Å². The largest absolute Gasteiger partial charge is 0.389 e. The van der Waals surface area contributed by atoms with Gasteiger partial charge in [0.1, 0.15) is 5.01 Å². The molecule has 0 spiro atoms. The fourth-order valence-corrected chi connectivity index (χ4v) is 4.05. The summed E-state index contributed by atoms with van der Waals surface area (Å²) < 4.78 is 6.38. The summed E-state index contributed by atoms with van der Waals surface area (Å²) in [5.41, 5.74) is 4.18. The molecule has 0 aliphatic carbocycles. The van der Waals surface area contributed by atoms with Crippen molar-refractivity contribution in [2.45, 2.75) is 13.5 Å². The number of hydrogen-bond acceptors (Lipinski definition) is 6. The highest BCUT2D eigenvalue weighted by atomic mass is 32.1. The summed E-state index contributed by atoms with van der Waals surface area (Å²) in [7, 11) is 0. The molecule has 2 aromatic carbocycles. The number of ether oxygens (including phenoxy) is 1. The van der Waals surface area contributed by atoms with Crippen LogP contribution in [0.2, 0.25) is 0 Å². The molecule has 2 N–H and O–H groups in total. The third kappa shape index (κ3) is 3.80. The van der Waals surface area contributed by atoms with E-state index in [1.165, 1.54) is 11.3 Å². The van der Waals surface area contributed by atoms with Gasteiger partial charge >= 0.3 is 0 Å². The number of thiazole rings is 1. The molecule has 0 radical (unpaired) electrons. The van der Waals surface area contributed by atoms with Crippen molar-refractivity contribution in [3.8, 4) is 0 Å². The molecule has 1 fully saturated rings. The minimum absolute atomic E-state index is 0.0737. The standard InChI is InChI=1S/C20H21N3O3S/c1-13-10-15(23-6-8-26-9-7-23)3-4-16(13)20(25)21-14-2-5-18-17(11-14)22-19(12-24)27-18/h2-5,10-11,24H,6-9,12H2,1H3,(H,21,25). The SMILES string of the molecule is Cc1cc(N2CCOCC2)ccc1C(=O)Nc1ccc2sc(CO)nc2c1. The summed E-state index contributed by atoms with van der Waals surface area (Å²) in [6.07, 6.45) is 0. The molecule has 0 atom stereocenters. The minimum atomic E-state index is -0.141. The monoisotopic (exact) mass is 383 g/mol. The van der Waals surface area contributed by atoms with Gasteiger partial charge in [-0.2, -0.15) is 0 Å². The number of carbonyl (C=O) groups excluding carboxylic acids is 1. The first-order chi connectivity index (χ1) is 13.1. The molecule has 1 amide bonds. The third-order valence-corrected chi connectivity index (χ3v) is 5.68. The highest BCUT2D eigenvalue weighted by molar-refractivity contribution is 7.18. The molecule has 1 saturated heterocycles. The number of carbonyl (C=O) groups is 1. The Balaban J connectivity index is 1.52. The van der Waals surface area contributed by atoms with E-state index in [0.29, 0.717) is 16.3 Å². The first kappa shape index (κ1) is 17.9. The van der Waals surface area contributed by atoms with Crippen molar-refractivity contribution >= 4 is 38.8 Å². The first-order valence-corrected chi connectivity index (χ1v) is 9.71. The van der Waals surface area contributed by atoms with Crippen molar-refractivity contribution in [2.75, 3.05) is 36.5 Å². The Morgan fingerprint density at radius 1 is 1.26 bits per heavy atom. The van der Waals surface area contributed by atoms with Crippen LogP contribution in [0.25, 0.3) is 10.2 Å². The second-order valence-corrected chi connectivity index (χ2v) is 7.62. The summed E-state index contributed by atoms with van der Waals surface area (Å²) in [4.78, 5) is 19.3. The molecule has 1 aliphatic heterocycles. The molecule has 0 saturated carbocycles. The Hall–Kier alpha value is -2.48. The van der Waals surface area contributed by atoms with Crippen molar-refractivity contribution in [2.24, 2.45) is 0 Å². The maximum Gasteiger partial charge on any atom is 0.255 e. The van der Waals surface area contributed by atoms with Crippen LogP contribution in [0.5, 0.6) is 0 Å². The summed E-state index contributed by atoms with van der Waals surface area (Å²) >= 11 is 1.45. The van der Waals surface area contributed by atoms with Crippen LogP contribution in [0, 0.1) is 6.92 Å². The van der Waals surface area contributed by atoms with E-state index in [2.05, 4.69) is 21.3 Å². The van der Waals surface area contributed by atoms with Gasteiger partial charge in [-0.1, -0.05) is 0 Å². The number of anilines is 2. The number of aryl methyl sites for hydroxylation is 1. The number of rotatable bonds is 4. The molecule has 0 bridgehead atoms. The van der Waals surface area contributed by atoms with Gasteiger partial charge in [0.15, 0.2) is 0 Å². The number of morpholine rings is 1. The van der Waals surface area contributed by atoms with Crippen molar-refractivity contribution in [3.05, 3.63) is 52.5 Å². The van der Waals surface area contributed by atoms with E-state index in [1.807, 2.05) is 37.3 Å². The second kappa shape index (κ2) is 7.64. The molecule has 1 aliphatic rings. The van der Waals surface area contributed by atoms with E-state index >= 15 is 0 Å². The second-order valence-electron chi connectivity index (χ2n) is 6.50. The van der Waals surface area contributed by atoms with Crippen molar-refractivity contribution in [3.63, 3.8) is 0 Å². The number of amides is 1. The summed E-state index contributed by atoms with van der Waals surface area (Å²) in [6.45, 7) is 5.09. The van der Waals surface area contributed by atoms with Gasteiger partial charge in [-0.05, 0) is 48.9 Å². The quantitative estimate of drug-likeness (QED) is 0.724. The van der Waals surface area contributed by atoms with Gasteiger partial charge in [0.2, 0.25) is 0 Å². The lowest BCUT2D eigenvalue weighted by molar-refractivity contribution is 0.102. The van der Waals surface area contributed by atoms with E-state index in [-0.39, 0.29) is 12.5 Å². The van der Waals surface area contributed by atoms with Crippen LogP contribution in [0.15, 0.2) is 36.4 Å². The Kier molecular flexibility index (Phi) is 5.07. The van der Waals surface area contributed by atoms with Crippen molar-refractivity contribution in [1.29, 1.82) is 0 Å².